The fourth-order valence-corrected chi connectivity index (χ4v) is 4.06. The minimum atomic E-state index is -0.561. The third-order valence-corrected chi connectivity index (χ3v) is 5.44. The average Bonchev–Trinajstić information content (AvgIpc) is 3.03. The highest BCUT2D eigenvalue weighted by Gasteiger charge is 2.20. The number of para-hydroxylation sites is 1. The van der Waals surface area contributed by atoms with Crippen molar-refractivity contribution in [2.75, 3.05) is 5.32 Å². The van der Waals surface area contributed by atoms with Gasteiger partial charge in [0.15, 0.2) is 0 Å². The van der Waals surface area contributed by atoms with E-state index < -0.39 is 11.2 Å². The number of nitrogens with two attached hydrogens (primary N) is 1. The highest BCUT2D eigenvalue weighted by atomic mass is 32.2. The van der Waals surface area contributed by atoms with Crippen LogP contribution in [0.2, 0.25) is 0 Å². The Hall–Kier alpha value is -2.45. The van der Waals surface area contributed by atoms with Gasteiger partial charge in [-0.25, -0.2) is 9.97 Å². The number of benzene rings is 1. The second-order valence-electron chi connectivity index (χ2n) is 5.37. The van der Waals surface area contributed by atoms with Crippen molar-refractivity contribution in [3.63, 3.8) is 0 Å². The average molecular weight is 372 g/mol. The van der Waals surface area contributed by atoms with Crippen molar-refractivity contribution in [1.82, 2.24) is 9.97 Å². The largest absolute Gasteiger partial charge is 0.366 e. The smallest absolute Gasteiger partial charge is 0.251 e. The standard InChI is InChI=1S/C17H16N4O2S2/c1-9(15(23)21-16-12(14(18)22)7-8-24-16)25-17-11-5-3-4-6-13(11)19-10(2)20-17/h3-9H,1-2H3,(H2,18,22)(H,21,23)/t9-/m0/s1. The number of aryl methyl sites for hydroxylation is 1. The Morgan fingerprint density at radius 3 is 2.76 bits per heavy atom. The topological polar surface area (TPSA) is 98.0 Å². The lowest BCUT2D eigenvalue weighted by atomic mass is 10.2. The third kappa shape index (κ3) is 3.80. The van der Waals surface area contributed by atoms with Gasteiger partial charge in [0.1, 0.15) is 15.9 Å². The molecule has 3 rings (SSSR count). The Morgan fingerprint density at radius 1 is 1.24 bits per heavy atom. The molecular weight excluding hydrogens is 356 g/mol. The minimum absolute atomic E-state index is 0.213. The van der Waals surface area contributed by atoms with Gasteiger partial charge in [-0.15, -0.1) is 11.3 Å². The van der Waals surface area contributed by atoms with Gasteiger partial charge < -0.3 is 11.1 Å². The highest BCUT2D eigenvalue weighted by molar-refractivity contribution is 8.00. The van der Waals surface area contributed by atoms with Gasteiger partial charge in [0.05, 0.1) is 16.3 Å². The van der Waals surface area contributed by atoms with Crippen LogP contribution in [0.5, 0.6) is 0 Å². The highest BCUT2D eigenvalue weighted by Crippen LogP contribution is 2.30. The number of anilines is 1. The molecule has 2 aromatic heterocycles. The molecule has 0 spiro atoms. The van der Waals surface area contributed by atoms with Crippen molar-refractivity contribution >= 4 is 50.8 Å². The molecular formula is C17H16N4O2S2. The van der Waals surface area contributed by atoms with Gasteiger partial charge in [0, 0.05) is 5.39 Å². The normalized spacial score (nSPS) is 12.1. The summed E-state index contributed by atoms with van der Waals surface area (Å²) in [6, 6.07) is 9.29. The number of fused-ring (bicyclic) bond motifs is 1. The molecule has 25 heavy (non-hydrogen) atoms. The number of hydrogen-bond acceptors (Lipinski definition) is 6. The maximum Gasteiger partial charge on any atom is 0.251 e. The fraction of sp³-hybridized carbons (Fsp3) is 0.176. The molecule has 1 aromatic carbocycles. The van der Waals surface area contributed by atoms with Crippen LogP contribution in [-0.4, -0.2) is 27.0 Å². The first kappa shape index (κ1) is 17.4. The summed E-state index contributed by atoms with van der Waals surface area (Å²) in [4.78, 5) is 32.7. The van der Waals surface area contributed by atoms with Gasteiger partial charge in [-0.2, -0.15) is 0 Å². The summed E-state index contributed by atoms with van der Waals surface area (Å²) in [6.45, 7) is 3.62. The van der Waals surface area contributed by atoms with Crippen LogP contribution in [0.1, 0.15) is 23.1 Å². The number of hydrogen-bond donors (Lipinski definition) is 2. The predicted octanol–water partition coefficient (Wildman–Crippen LogP) is 3.22. The molecule has 6 nitrogen and oxygen atoms in total. The van der Waals surface area contributed by atoms with Crippen LogP contribution in [0.4, 0.5) is 5.00 Å². The molecule has 0 radical (unpaired) electrons. The van der Waals surface area contributed by atoms with Crippen molar-refractivity contribution in [1.29, 1.82) is 0 Å². The van der Waals surface area contributed by atoms with E-state index in [-0.39, 0.29) is 5.91 Å². The van der Waals surface area contributed by atoms with Crippen molar-refractivity contribution in [2.45, 2.75) is 24.1 Å². The lowest BCUT2D eigenvalue weighted by molar-refractivity contribution is -0.115. The molecule has 3 N–H and O–H groups in total. The molecule has 3 aromatic rings. The number of thiophene rings is 1. The second-order valence-corrected chi connectivity index (χ2v) is 7.62. The number of aromatic nitrogens is 2. The van der Waals surface area contributed by atoms with Crippen molar-refractivity contribution in [3.05, 3.63) is 47.1 Å². The maximum absolute atomic E-state index is 12.5. The van der Waals surface area contributed by atoms with E-state index in [1.54, 1.807) is 18.4 Å². The van der Waals surface area contributed by atoms with E-state index in [1.165, 1.54) is 23.1 Å². The first-order valence-corrected chi connectivity index (χ1v) is 9.30. The van der Waals surface area contributed by atoms with Gasteiger partial charge in [-0.1, -0.05) is 30.0 Å². The first-order chi connectivity index (χ1) is 12.0. The molecule has 0 aliphatic heterocycles. The van der Waals surface area contributed by atoms with Crippen molar-refractivity contribution in [2.24, 2.45) is 5.73 Å². The number of thioether (sulfide) groups is 1. The summed E-state index contributed by atoms with van der Waals surface area (Å²) in [7, 11) is 0. The Morgan fingerprint density at radius 2 is 2.00 bits per heavy atom. The van der Waals surface area contributed by atoms with E-state index in [0.29, 0.717) is 16.4 Å². The number of nitrogens with zero attached hydrogens (tertiary/aromatic N) is 2. The van der Waals surface area contributed by atoms with E-state index in [1.807, 2.05) is 31.2 Å². The van der Waals surface area contributed by atoms with Crippen LogP contribution in [0.15, 0.2) is 40.7 Å². The van der Waals surface area contributed by atoms with Crippen LogP contribution < -0.4 is 11.1 Å². The number of primary amides is 1. The van der Waals surface area contributed by atoms with Gasteiger partial charge >= 0.3 is 0 Å². The molecule has 0 saturated carbocycles. The Labute approximate surface area is 152 Å². The van der Waals surface area contributed by atoms with Gasteiger partial charge in [-0.05, 0) is 31.4 Å². The molecule has 128 valence electrons. The quantitative estimate of drug-likeness (QED) is 0.529. The zero-order valence-electron chi connectivity index (χ0n) is 13.6. The summed E-state index contributed by atoms with van der Waals surface area (Å²) in [6.07, 6.45) is 0. The molecule has 0 aliphatic carbocycles. The number of nitrogens with one attached hydrogen (secondary N) is 1. The molecule has 2 heterocycles. The van der Waals surface area contributed by atoms with Crippen LogP contribution >= 0.6 is 23.1 Å². The Kier molecular flexibility index (Phi) is 5.00. The number of amides is 2. The monoisotopic (exact) mass is 372 g/mol. The van der Waals surface area contributed by atoms with Gasteiger partial charge in [0.25, 0.3) is 5.91 Å². The summed E-state index contributed by atoms with van der Waals surface area (Å²) in [5.74, 6) is -0.118. The lowest BCUT2D eigenvalue weighted by Crippen LogP contribution is -2.23. The van der Waals surface area contributed by atoms with E-state index in [2.05, 4.69) is 15.3 Å². The van der Waals surface area contributed by atoms with Crippen LogP contribution in [0.25, 0.3) is 10.9 Å². The first-order valence-electron chi connectivity index (χ1n) is 7.54. The SMILES string of the molecule is Cc1nc(S[C@@H](C)C(=O)Nc2sccc2C(N)=O)c2ccccc2n1. The van der Waals surface area contributed by atoms with E-state index in [4.69, 9.17) is 5.73 Å². The van der Waals surface area contributed by atoms with E-state index in [9.17, 15) is 9.59 Å². The molecule has 0 unspecified atom stereocenters. The molecule has 0 bridgehead atoms. The fourth-order valence-electron chi connectivity index (χ4n) is 2.28. The zero-order valence-corrected chi connectivity index (χ0v) is 15.3. The Bertz CT molecular complexity index is 955. The maximum atomic E-state index is 12.5. The van der Waals surface area contributed by atoms with Crippen LogP contribution in [0, 0.1) is 6.92 Å². The molecule has 0 aliphatic rings. The summed E-state index contributed by atoms with van der Waals surface area (Å²) in [5.41, 5.74) is 6.47. The molecule has 8 heteroatoms. The van der Waals surface area contributed by atoms with Gasteiger partial charge in [0.2, 0.25) is 5.91 Å². The van der Waals surface area contributed by atoms with Gasteiger partial charge in [-0.3, -0.25) is 9.59 Å². The third-order valence-electron chi connectivity index (χ3n) is 3.51. The predicted molar refractivity (Wildman–Crippen MR) is 101 cm³/mol. The lowest BCUT2D eigenvalue weighted by Gasteiger charge is -2.13. The van der Waals surface area contributed by atoms with Crippen LogP contribution in [-0.2, 0) is 4.79 Å². The van der Waals surface area contributed by atoms with E-state index >= 15 is 0 Å². The molecule has 0 fully saturated rings. The Balaban J connectivity index is 1.80. The van der Waals surface area contributed by atoms with Crippen molar-refractivity contribution < 1.29 is 9.59 Å². The summed E-state index contributed by atoms with van der Waals surface area (Å²) >= 11 is 2.62. The molecule has 2 amide bonds. The minimum Gasteiger partial charge on any atom is -0.366 e. The van der Waals surface area contributed by atoms with E-state index in [0.717, 1.165) is 15.9 Å². The van der Waals surface area contributed by atoms with Crippen LogP contribution in [0.3, 0.4) is 0 Å². The summed E-state index contributed by atoms with van der Waals surface area (Å²) in [5, 5.41) is 6.22. The molecule has 1 atom stereocenters. The zero-order chi connectivity index (χ0) is 18.0. The number of carbonyl (C=O) groups is 2. The molecule has 0 saturated heterocycles. The second kappa shape index (κ2) is 7.20. The summed E-state index contributed by atoms with van der Waals surface area (Å²) < 4.78 is 0. The number of rotatable bonds is 5. The van der Waals surface area contributed by atoms with Crippen molar-refractivity contribution in [3.8, 4) is 0 Å². The number of carbonyl (C=O) groups excluding carboxylic acids is 2.